The Morgan fingerprint density at radius 1 is 1.08 bits per heavy atom. The molecule has 126 valence electrons. The molecule has 2 rings (SSSR count). The third kappa shape index (κ3) is 4.56. The highest BCUT2D eigenvalue weighted by atomic mass is 35.5. The lowest BCUT2D eigenvalue weighted by Crippen LogP contribution is -2.15. The highest BCUT2D eigenvalue weighted by molar-refractivity contribution is 6.41. The number of ketones is 1. The van der Waals surface area contributed by atoms with Crippen LogP contribution in [0, 0.1) is 0 Å². The van der Waals surface area contributed by atoms with E-state index in [0.717, 1.165) is 5.56 Å². The Bertz CT molecular complexity index is 765. The van der Waals surface area contributed by atoms with Crippen LogP contribution in [0.1, 0.15) is 47.1 Å². The molecule has 1 aromatic heterocycles. The lowest BCUT2D eigenvalue weighted by atomic mass is 9.86. The maximum Gasteiger partial charge on any atom is 0.340 e. The monoisotopic (exact) mass is 365 g/mol. The molecule has 0 aliphatic heterocycles. The van der Waals surface area contributed by atoms with Crippen LogP contribution in [0.15, 0.2) is 36.5 Å². The number of carbonyl (C=O) groups excluding carboxylic acids is 2. The Labute approximate surface area is 150 Å². The Hall–Kier alpha value is -1.91. The molecule has 0 N–H and O–H groups in total. The van der Waals surface area contributed by atoms with Crippen LogP contribution in [0.25, 0.3) is 0 Å². The first kappa shape index (κ1) is 18.4. The maximum atomic E-state index is 12.1. The topological polar surface area (TPSA) is 56.3 Å². The van der Waals surface area contributed by atoms with Crippen molar-refractivity contribution in [3.05, 3.63) is 63.4 Å². The Morgan fingerprint density at radius 3 is 2.25 bits per heavy atom. The number of halogens is 2. The van der Waals surface area contributed by atoms with Crippen molar-refractivity contribution in [3.63, 3.8) is 0 Å². The van der Waals surface area contributed by atoms with Gasteiger partial charge in [-0.25, -0.2) is 9.78 Å². The molecule has 24 heavy (non-hydrogen) atoms. The summed E-state index contributed by atoms with van der Waals surface area (Å²) >= 11 is 11.5. The van der Waals surface area contributed by atoms with E-state index in [1.807, 2.05) is 12.1 Å². The van der Waals surface area contributed by atoms with E-state index in [1.165, 1.54) is 12.3 Å². The van der Waals surface area contributed by atoms with Crippen LogP contribution in [0.3, 0.4) is 0 Å². The summed E-state index contributed by atoms with van der Waals surface area (Å²) in [7, 11) is 0. The van der Waals surface area contributed by atoms with Gasteiger partial charge in [0, 0.05) is 11.8 Å². The summed E-state index contributed by atoms with van der Waals surface area (Å²) in [5, 5.41) is 0.249. The summed E-state index contributed by atoms with van der Waals surface area (Å²) in [6.45, 7) is 5.93. The number of Topliss-reactive ketones (excluding diaryl/α,β-unsaturated/α-hetero) is 1. The molecule has 0 fully saturated rings. The molecule has 0 aliphatic carbocycles. The number of aromatic nitrogens is 1. The van der Waals surface area contributed by atoms with Gasteiger partial charge in [0.2, 0.25) is 0 Å². The van der Waals surface area contributed by atoms with Crippen LogP contribution in [0.5, 0.6) is 0 Å². The number of carbonyl (C=O) groups is 2. The molecule has 0 radical (unpaired) electrons. The van der Waals surface area contributed by atoms with Gasteiger partial charge < -0.3 is 4.74 Å². The van der Waals surface area contributed by atoms with Crippen LogP contribution in [0.4, 0.5) is 0 Å². The minimum absolute atomic E-state index is 0.00882. The van der Waals surface area contributed by atoms with Gasteiger partial charge in [0.15, 0.2) is 12.4 Å². The Morgan fingerprint density at radius 2 is 1.71 bits per heavy atom. The number of hydrogen-bond donors (Lipinski definition) is 0. The van der Waals surface area contributed by atoms with Gasteiger partial charge in [-0.2, -0.15) is 0 Å². The lowest BCUT2D eigenvalue weighted by molar-refractivity contribution is 0.0474. The highest BCUT2D eigenvalue weighted by Crippen LogP contribution is 2.22. The first-order chi connectivity index (χ1) is 11.2. The summed E-state index contributed by atoms with van der Waals surface area (Å²) in [6.07, 6.45) is 1.25. The molecular weight excluding hydrogens is 349 g/mol. The number of hydrogen-bond acceptors (Lipinski definition) is 4. The van der Waals surface area contributed by atoms with E-state index in [-0.39, 0.29) is 33.5 Å². The molecule has 1 aromatic carbocycles. The van der Waals surface area contributed by atoms with Crippen LogP contribution in [-0.2, 0) is 10.2 Å². The molecule has 4 nitrogen and oxygen atoms in total. The van der Waals surface area contributed by atoms with Gasteiger partial charge >= 0.3 is 5.97 Å². The molecule has 1 heterocycles. The van der Waals surface area contributed by atoms with Crippen molar-refractivity contribution in [1.82, 2.24) is 4.98 Å². The van der Waals surface area contributed by atoms with E-state index < -0.39 is 5.97 Å². The SMILES string of the molecule is CC(C)(C)c1ccc(C(=O)COC(=O)c2cnc(Cl)c(Cl)c2)cc1. The zero-order chi connectivity index (χ0) is 17.9. The number of ether oxygens (including phenoxy) is 1. The summed E-state index contributed by atoms with van der Waals surface area (Å²) in [6, 6.07) is 8.62. The number of esters is 1. The first-order valence-corrected chi connectivity index (χ1v) is 8.06. The van der Waals surface area contributed by atoms with E-state index in [2.05, 4.69) is 25.8 Å². The molecule has 0 saturated heterocycles. The van der Waals surface area contributed by atoms with E-state index in [1.54, 1.807) is 12.1 Å². The summed E-state index contributed by atoms with van der Waals surface area (Å²) in [4.78, 5) is 27.8. The fraction of sp³-hybridized carbons (Fsp3) is 0.278. The van der Waals surface area contributed by atoms with E-state index in [4.69, 9.17) is 27.9 Å². The number of nitrogens with zero attached hydrogens (tertiary/aromatic N) is 1. The van der Waals surface area contributed by atoms with Crippen molar-refractivity contribution < 1.29 is 14.3 Å². The third-order valence-electron chi connectivity index (χ3n) is 3.44. The van der Waals surface area contributed by atoms with Crippen LogP contribution >= 0.6 is 23.2 Å². The van der Waals surface area contributed by atoms with Gasteiger partial charge in [0.1, 0.15) is 5.15 Å². The van der Waals surface area contributed by atoms with Crippen molar-refractivity contribution in [1.29, 1.82) is 0 Å². The quantitative estimate of drug-likeness (QED) is 0.446. The van der Waals surface area contributed by atoms with E-state index in [0.29, 0.717) is 5.56 Å². The largest absolute Gasteiger partial charge is 0.454 e. The lowest BCUT2D eigenvalue weighted by Gasteiger charge is -2.18. The van der Waals surface area contributed by atoms with Gasteiger partial charge in [-0.05, 0) is 17.0 Å². The van der Waals surface area contributed by atoms with Gasteiger partial charge in [-0.3, -0.25) is 4.79 Å². The van der Waals surface area contributed by atoms with Crippen molar-refractivity contribution in [2.75, 3.05) is 6.61 Å². The molecule has 0 spiro atoms. The molecule has 0 amide bonds. The van der Waals surface area contributed by atoms with E-state index in [9.17, 15) is 9.59 Å². The average Bonchev–Trinajstić information content (AvgIpc) is 2.54. The zero-order valence-electron chi connectivity index (χ0n) is 13.6. The second kappa shape index (κ2) is 7.32. The standard InChI is InChI=1S/C18H17Cl2NO3/c1-18(2,3)13-6-4-11(5-7-13)15(22)10-24-17(23)12-8-14(19)16(20)21-9-12/h4-9H,10H2,1-3H3. The predicted octanol–water partition coefficient (Wildman–Crippen LogP) is 4.73. The van der Waals surface area contributed by atoms with Crippen molar-refractivity contribution in [3.8, 4) is 0 Å². The van der Waals surface area contributed by atoms with Crippen LogP contribution < -0.4 is 0 Å². The number of rotatable bonds is 4. The normalized spacial score (nSPS) is 11.2. The average molecular weight is 366 g/mol. The maximum absolute atomic E-state index is 12.1. The molecule has 0 atom stereocenters. The highest BCUT2D eigenvalue weighted by Gasteiger charge is 2.16. The van der Waals surface area contributed by atoms with Gasteiger partial charge in [-0.1, -0.05) is 68.2 Å². The second-order valence-electron chi connectivity index (χ2n) is 6.32. The van der Waals surface area contributed by atoms with Crippen molar-refractivity contribution in [2.45, 2.75) is 26.2 Å². The fourth-order valence-corrected chi connectivity index (χ4v) is 2.26. The van der Waals surface area contributed by atoms with E-state index >= 15 is 0 Å². The predicted molar refractivity (Wildman–Crippen MR) is 94.0 cm³/mol. The summed E-state index contributed by atoms with van der Waals surface area (Å²) in [5.41, 5.74) is 1.76. The second-order valence-corrected chi connectivity index (χ2v) is 7.09. The number of benzene rings is 1. The van der Waals surface area contributed by atoms with Crippen molar-refractivity contribution >= 4 is 35.0 Å². The molecule has 2 aromatic rings. The summed E-state index contributed by atoms with van der Waals surface area (Å²) < 4.78 is 5.01. The first-order valence-electron chi connectivity index (χ1n) is 7.30. The third-order valence-corrected chi connectivity index (χ3v) is 4.13. The molecule has 0 unspecified atom stereocenters. The van der Waals surface area contributed by atoms with Crippen LogP contribution in [0.2, 0.25) is 10.2 Å². The summed E-state index contributed by atoms with van der Waals surface area (Å²) in [5.74, 6) is -0.961. The minimum Gasteiger partial charge on any atom is -0.454 e. The molecule has 0 aliphatic rings. The van der Waals surface area contributed by atoms with Crippen LogP contribution in [-0.4, -0.2) is 23.3 Å². The Kier molecular flexibility index (Phi) is 5.62. The Balaban J connectivity index is 1.99. The smallest absolute Gasteiger partial charge is 0.340 e. The number of pyridine rings is 1. The fourth-order valence-electron chi connectivity index (χ4n) is 1.99. The van der Waals surface area contributed by atoms with Crippen molar-refractivity contribution in [2.24, 2.45) is 0 Å². The van der Waals surface area contributed by atoms with Gasteiger partial charge in [-0.15, -0.1) is 0 Å². The van der Waals surface area contributed by atoms with Gasteiger partial charge in [0.25, 0.3) is 0 Å². The minimum atomic E-state index is -0.680. The molecule has 6 heteroatoms. The molecule has 0 saturated carbocycles. The molecular formula is C18H17Cl2NO3. The van der Waals surface area contributed by atoms with Gasteiger partial charge in [0.05, 0.1) is 10.6 Å². The zero-order valence-corrected chi connectivity index (χ0v) is 15.1. The molecule has 0 bridgehead atoms.